The summed E-state index contributed by atoms with van der Waals surface area (Å²) >= 11 is 3.17. The Morgan fingerprint density at radius 3 is 2.75 bits per heavy atom. The van der Waals surface area contributed by atoms with E-state index in [0.717, 1.165) is 11.3 Å². The maximum Gasteiger partial charge on any atom is 0.312 e. The number of aromatic nitrogens is 1. The average molecular weight is 338 g/mol. The predicted molar refractivity (Wildman–Crippen MR) is 79.6 cm³/mol. The van der Waals surface area contributed by atoms with E-state index in [9.17, 15) is 10.1 Å². The summed E-state index contributed by atoms with van der Waals surface area (Å²) in [4.78, 5) is 14.6. The van der Waals surface area contributed by atoms with E-state index >= 15 is 0 Å². The van der Waals surface area contributed by atoms with Crippen LogP contribution < -0.4 is 10.1 Å². The summed E-state index contributed by atoms with van der Waals surface area (Å²) in [6.07, 6.45) is 1.51. The number of nitrogens with zero attached hydrogens (tertiary/aromatic N) is 2. The summed E-state index contributed by atoms with van der Waals surface area (Å²) in [6.45, 7) is 1.90. The number of anilines is 2. The minimum atomic E-state index is -0.476. The van der Waals surface area contributed by atoms with Gasteiger partial charge in [-0.2, -0.15) is 0 Å². The number of hydrogen-bond acceptors (Lipinski definition) is 5. The van der Waals surface area contributed by atoms with Crippen molar-refractivity contribution in [3.8, 4) is 5.75 Å². The van der Waals surface area contributed by atoms with Gasteiger partial charge in [0.25, 0.3) is 0 Å². The van der Waals surface area contributed by atoms with Crippen LogP contribution in [0.4, 0.5) is 17.2 Å². The number of pyridine rings is 1. The van der Waals surface area contributed by atoms with Gasteiger partial charge in [-0.25, -0.2) is 4.98 Å². The van der Waals surface area contributed by atoms with Crippen LogP contribution in [-0.4, -0.2) is 17.0 Å². The van der Waals surface area contributed by atoms with Crippen LogP contribution in [0.3, 0.4) is 0 Å². The summed E-state index contributed by atoms with van der Waals surface area (Å²) in [5.74, 6) is 0.955. The molecule has 1 N–H and O–H groups in total. The molecule has 0 aliphatic heterocycles. The number of halogens is 1. The van der Waals surface area contributed by atoms with Crippen LogP contribution in [0.1, 0.15) is 5.56 Å². The van der Waals surface area contributed by atoms with E-state index in [2.05, 4.69) is 26.2 Å². The van der Waals surface area contributed by atoms with E-state index in [1.165, 1.54) is 12.3 Å². The summed E-state index contributed by atoms with van der Waals surface area (Å²) in [7, 11) is 1.59. The van der Waals surface area contributed by atoms with E-state index in [0.29, 0.717) is 10.2 Å². The molecule has 7 heteroatoms. The first-order chi connectivity index (χ1) is 9.51. The lowest BCUT2D eigenvalue weighted by Gasteiger charge is -2.09. The van der Waals surface area contributed by atoms with Crippen LogP contribution in [0.25, 0.3) is 0 Å². The van der Waals surface area contributed by atoms with Crippen molar-refractivity contribution in [3.63, 3.8) is 0 Å². The lowest BCUT2D eigenvalue weighted by molar-refractivity contribution is -0.384. The van der Waals surface area contributed by atoms with Crippen molar-refractivity contribution in [3.05, 3.63) is 50.6 Å². The lowest BCUT2D eigenvalue weighted by Crippen LogP contribution is -2.00. The Balaban J connectivity index is 2.35. The molecule has 0 radical (unpaired) electrons. The molecule has 2 rings (SSSR count). The molecule has 1 aromatic carbocycles. The van der Waals surface area contributed by atoms with Gasteiger partial charge in [-0.1, -0.05) is 0 Å². The van der Waals surface area contributed by atoms with Crippen molar-refractivity contribution in [1.29, 1.82) is 0 Å². The zero-order chi connectivity index (χ0) is 14.7. The smallest absolute Gasteiger partial charge is 0.312 e. The van der Waals surface area contributed by atoms with Crippen molar-refractivity contribution < 1.29 is 9.66 Å². The van der Waals surface area contributed by atoms with Gasteiger partial charge in [-0.15, -0.1) is 0 Å². The van der Waals surface area contributed by atoms with Crippen molar-refractivity contribution in [1.82, 2.24) is 4.98 Å². The number of nitrogens with one attached hydrogen (secondary N) is 1. The molecular weight excluding hydrogens is 326 g/mol. The Labute approximate surface area is 124 Å². The molecule has 0 atom stereocenters. The van der Waals surface area contributed by atoms with Gasteiger partial charge in [-0.3, -0.25) is 10.1 Å². The van der Waals surface area contributed by atoms with Crippen molar-refractivity contribution >= 4 is 33.1 Å². The van der Waals surface area contributed by atoms with Crippen LogP contribution >= 0.6 is 15.9 Å². The van der Waals surface area contributed by atoms with Crippen LogP contribution in [0, 0.1) is 17.0 Å². The average Bonchev–Trinajstić information content (AvgIpc) is 2.41. The van der Waals surface area contributed by atoms with Gasteiger partial charge in [0.15, 0.2) is 0 Å². The first-order valence-electron chi connectivity index (χ1n) is 5.73. The third-order valence-electron chi connectivity index (χ3n) is 2.69. The minimum Gasteiger partial charge on any atom is -0.496 e. The summed E-state index contributed by atoms with van der Waals surface area (Å²) in [5, 5.41) is 14.0. The number of hydrogen-bond donors (Lipinski definition) is 1. The van der Waals surface area contributed by atoms with E-state index in [1.54, 1.807) is 19.2 Å². The van der Waals surface area contributed by atoms with E-state index in [-0.39, 0.29) is 11.5 Å². The summed E-state index contributed by atoms with van der Waals surface area (Å²) in [5.41, 5.74) is 1.55. The van der Waals surface area contributed by atoms with Gasteiger partial charge in [0.1, 0.15) is 5.75 Å². The van der Waals surface area contributed by atoms with Crippen LogP contribution in [0.5, 0.6) is 5.75 Å². The van der Waals surface area contributed by atoms with Gasteiger partial charge >= 0.3 is 5.69 Å². The Bertz CT molecular complexity index is 661. The zero-order valence-electron chi connectivity index (χ0n) is 10.9. The summed E-state index contributed by atoms with van der Waals surface area (Å²) in [6, 6.07) is 6.82. The Kier molecular flexibility index (Phi) is 4.19. The second-order valence-corrected chi connectivity index (χ2v) is 5.00. The number of nitro groups is 1. The molecule has 20 heavy (non-hydrogen) atoms. The molecule has 0 amide bonds. The molecule has 0 saturated heterocycles. The fourth-order valence-electron chi connectivity index (χ4n) is 1.76. The fraction of sp³-hybridized carbons (Fsp3) is 0.154. The Morgan fingerprint density at radius 1 is 1.40 bits per heavy atom. The second-order valence-electron chi connectivity index (χ2n) is 4.09. The topological polar surface area (TPSA) is 77.3 Å². The molecule has 6 nitrogen and oxygen atoms in total. The molecule has 2 aromatic rings. The highest BCUT2D eigenvalue weighted by atomic mass is 79.9. The highest BCUT2D eigenvalue weighted by molar-refractivity contribution is 9.10. The molecule has 0 saturated carbocycles. The van der Waals surface area contributed by atoms with Gasteiger partial charge < -0.3 is 10.1 Å². The maximum absolute atomic E-state index is 11.0. The molecular formula is C13H12BrN3O3. The van der Waals surface area contributed by atoms with Gasteiger partial charge in [0, 0.05) is 22.4 Å². The van der Waals surface area contributed by atoms with Gasteiger partial charge in [-0.05, 0) is 46.6 Å². The third kappa shape index (κ3) is 3.05. The number of benzene rings is 1. The number of ether oxygens (including phenoxy) is 1. The Morgan fingerprint density at radius 2 is 2.15 bits per heavy atom. The second kappa shape index (κ2) is 5.87. The molecule has 0 unspecified atom stereocenters. The quantitative estimate of drug-likeness (QED) is 0.677. The number of aryl methyl sites for hydroxylation is 1. The zero-order valence-corrected chi connectivity index (χ0v) is 12.5. The van der Waals surface area contributed by atoms with Crippen molar-refractivity contribution in [2.75, 3.05) is 12.4 Å². The molecule has 0 spiro atoms. The first kappa shape index (κ1) is 14.3. The monoisotopic (exact) mass is 337 g/mol. The highest BCUT2D eigenvalue weighted by Crippen LogP contribution is 2.29. The summed E-state index contributed by atoms with van der Waals surface area (Å²) < 4.78 is 5.73. The predicted octanol–water partition coefficient (Wildman–Crippen LogP) is 3.81. The van der Waals surface area contributed by atoms with Crippen LogP contribution in [-0.2, 0) is 0 Å². The van der Waals surface area contributed by atoms with E-state index in [4.69, 9.17) is 4.74 Å². The largest absolute Gasteiger partial charge is 0.496 e. The molecule has 0 fully saturated rings. The maximum atomic E-state index is 11.0. The lowest BCUT2D eigenvalue weighted by atomic mass is 10.2. The molecule has 1 aromatic heterocycles. The SMILES string of the molecule is COc1ccc(Nc2ncc(Br)cc2[N+](=O)[O-])cc1C. The standard InChI is InChI=1S/C13H12BrN3O3/c1-8-5-10(3-4-12(8)20-2)16-13-11(17(18)19)6-9(14)7-15-13/h3-7H,1-2H3,(H,15,16). The third-order valence-corrected chi connectivity index (χ3v) is 3.12. The van der Waals surface area contributed by atoms with Crippen molar-refractivity contribution in [2.45, 2.75) is 6.92 Å². The van der Waals surface area contributed by atoms with E-state index < -0.39 is 4.92 Å². The molecule has 104 valence electrons. The first-order valence-corrected chi connectivity index (χ1v) is 6.52. The molecule has 1 heterocycles. The Hall–Kier alpha value is -2.15. The molecule has 0 aliphatic carbocycles. The van der Waals surface area contributed by atoms with Crippen LogP contribution in [0.2, 0.25) is 0 Å². The van der Waals surface area contributed by atoms with E-state index in [1.807, 2.05) is 13.0 Å². The number of rotatable bonds is 4. The minimum absolute atomic E-state index is 0.0900. The molecule has 0 aliphatic rings. The molecule has 0 bridgehead atoms. The fourth-order valence-corrected chi connectivity index (χ4v) is 2.08. The van der Waals surface area contributed by atoms with Crippen LogP contribution in [0.15, 0.2) is 34.9 Å². The van der Waals surface area contributed by atoms with Gasteiger partial charge in [0.05, 0.1) is 12.0 Å². The normalized spacial score (nSPS) is 10.2. The van der Waals surface area contributed by atoms with Gasteiger partial charge in [0.2, 0.25) is 5.82 Å². The highest BCUT2D eigenvalue weighted by Gasteiger charge is 2.16. The number of methoxy groups -OCH3 is 1. The van der Waals surface area contributed by atoms with Crippen molar-refractivity contribution in [2.24, 2.45) is 0 Å².